The van der Waals surface area contributed by atoms with E-state index >= 15 is 0 Å². The molecule has 0 spiro atoms. The molecule has 0 aliphatic heterocycles. The molecule has 2 atom stereocenters. The van der Waals surface area contributed by atoms with Gasteiger partial charge in [-0.2, -0.15) is 5.26 Å². The third-order valence-electron chi connectivity index (χ3n) is 4.36. The Hall–Kier alpha value is -3.37. The molecule has 164 valence electrons. The molecular formula is C24H28N2O5. The van der Waals surface area contributed by atoms with Crippen molar-refractivity contribution < 1.29 is 23.8 Å². The van der Waals surface area contributed by atoms with Gasteiger partial charge < -0.3 is 19.5 Å². The monoisotopic (exact) mass is 424 g/mol. The highest BCUT2D eigenvalue weighted by Gasteiger charge is 2.33. The van der Waals surface area contributed by atoms with Crippen molar-refractivity contribution in [1.82, 2.24) is 5.32 Å². The summed E-state index contributed by atoms with van der Waals surface area (Å²) < 4.78 is 16.0. The van der Waals surface area contributed by atoms with Gasteiger partial charge in [0.05, 0.1) is 6.61 Å². The molecule has 0 saturated heterocycles. The van der Waals surface area contributed by atoms with Crippen LogP contribution in [0.2, 0.25) is 0 Å². The number of carbonyl (C=O) groups is 2. The van der Waals surface area contributed by atoms with E-state index in [1.807, 2.05) is 80.6 Å². The van der Waals surface area contributed by atoms with Crippen LogP contribution in [0.5, 0.6) is 0 Å². The molecular weight excluding hydrogens is 396 g/mol. The minimum atomic E-state index is -1.58. The van der Waals surface area contributed by atoms with E-state index in [9.17, 15) is 14.9 Å². The molecule has 0 heterocycles. The van der Waals surface area contributed by atoms with Crippen molar-refractivity contribution in [3.63, 3.8) is 0 Å². The lowest BCUT2D eigenvalue weighted by atomic mass is 10.0. The highest BCUT2D eigenvalue weighted by atomic mass is 16.7. The second kappa shape index (κ2) is 11.7. The van der Waals surface area contributed by atoms with Gasteiger partial charge in [0, 0.05) is 0 Å². The quantitative estimate of drug-likeness (QED) is 0.450. The lowest BCUT2D eigenvalue weighted by molar-refractivity contribution is -0.140. The van der Waals surface area contributed by atoms with Crippen LogP contribution in [0.4, 0.5) is 4.79 Å². The molecule has 0 aliphatic rings. The zero-order valence-electron chi connectivity index (χ0n) is 18.0. The zero-order valence-corrected chi connectivity index (χ0v) is 18.0. The molecule has 0 saturated carbocycles. The van der Waals surface area contributed by atoms with Crippen molar-refractivity contribution in [2.24, 2.45) is 5.92 Å². The summed E-state index contributed by atoms with van der Waals surface area (Å²) >= 11 is 0. The minimum Gasteiger partial charge on any atom is -0.429 e. The van der Waals surface area contributed by atoms with E-state index in [-0.39, 0.29) is 25.6 Å². The van der Waals surface area contributed by atoms with E-state index in [2.05, 4.69) is 5.32 Å². The van der Waals surface area contributed by atoms with Gasteiger partial charge in [0.2, 0.25) is 5.72 Å². The Morgan fingerprint density at radius 3 is 2.06 bits per heavy atom. The molecule has 1 amide bonds. The summed E-state index contributed by atoms with van der Waals surface area (Å²) in [6.45, 7) is 5.42. The number of nitrogens with zero attached hydrogens (tertiary/aromatic N) is 1. The van der Waals surface area contributed by atoms with Gasteiger partial charge in [-0.3, -0.25) is 4.79 Å². The number of hydrogen-bond donors (Lipinski definition) is 1. The van der Waals surface area contributed by atoms with E-state index in [1.165, 1.54) is 6.92 Å². The zero-order chi connectivity index (χ0) is 22.7. The van der Waals surface area contributed by atoms with Gasteiger partial charge in [-0.25, -0.2) is 4.79 Å². The molecule has 7 heteroatoms. The lowest BCUT2D eigenvalue weighted by Gasteiger charge is -2.27. The second-order valence-corrected chi connectivity index (χ2v) is 7.67. The third kappa shape index (κ3) is 8.49. The van der Waals surface area contributed by atoms with Gasteiger partial charge in [0.1, 0.15) is 12.7 Å². The molecule has 0 radical (unpaired) electrons. The van der Waals surface area contributed by atoms with Crippen molar-refractivity contribution in [3.8, 4) is 6.07 Å². The third-order valence-corrected chi connectivity index (χ3v) is 4.36. The van der Waals surface area contributed by atoms with E-state index in [4.69, 9.17) is 14.2 Å². The first-order valence-corrected chi connectivity index (χ1v) is 10.1. The van der Waals surface area contributed by atoms with E-state index < -0.39 is 23.9 Å². The van der Waals surface area contributed by atoms with Crippen LogP contribution in [0.25, 0.3) is 0 Å². The van der Waals surface area contributed by atoms with E-state index in [0.717, 1.165) is 11.1 Å². The first kappa shape index (κ1) is 23.9. The first-order valence-electron chi connectivity index (χ1n) is 10.1. The number of ether oxygens (including phenoxy) is 3. The smallest absolute Gasteiger partial charge is 0.429 e. The fourth-order valence-electron chi connectivity index (χ4n) is 2.72. The van der Waals surface area contributed by atoms with Gasteiger partial charge in [-0.05, 0) is 30.4 Å². The van der Waals surface area contributed by atoms with Crippen molar-refractivity contribution in [1.29, 1.82) is 5.26 Å². The normalized spacial score (nSPS) is 13.5. The average Bonchev–Trinajstić information content (AvgIpc) is 2.77. The van der Waals surface area contributed by atoms with Crippen LogP contribution in [0, 0.1) is 17.2 Å². The highest BCUT2D eigenvalue weighted by Crippen LogP contribution is 2.15. The molecule has 31 heavy (non-hydrogen) atoms. The molecule has 2 rings (SSSR count). The van der Waals surface area contributed by atoms with Crippen molar-refractivity contribution in [2.75, 3.05) is 0 Å². The van der Waals surface area contributed by atoms with Crippen LogP contribution >= 0.6 is 0 Å². The maximum absolute atomic E-state index is 12.8. The number of rotatable bonds is 10. The van der Waals surface area contributed by atoms with E-state index in [0.29, 0.717) is 0 Å². The molecule has 7 nitrogen and oxygen atoms in total. The van der Waals surface area contributed by atoms with Crippen LogP contribution in [0.3, 0.4) is 0 Å². The van der Waals surface area contributed by atoms with Crippen LogP contribution in [0.15, 0.2) is 60.7 Å². The Morgan fingerprint density at radius 1 is 1.00 bits per heavy atom. The summed E-state index contributed by atoms with van der Waals surface area (Å²) in [5.74, 6) is -0.557. The summed E-state index contributed by atoms with van der Waals surface area (Å²) in [5.41, 5.74) is 0.0767. The second-order valence-electron chi connectivity index (χ2n) is 7.67. The van der Waals surface area contributed by atoms with Gasteiger partial charge in [-0.1, -0.05) is 74.5 Å². The lowest BCUT2D eigenvalue weighted by Crippen LogP contribution is -2.51. The number of carbonyl (C=O) groups excluding carboxylic acids is 2. The predicted octanol–water partition coefficient (Wildman–Crippen LogP) is 4.33. The first-order chi connectivity index (χ1) is 14.8. The summed E-state index contributed by atoms with van der Waals surface area (Å²) in [6.07, 6.45) is -1.79. The van der Waals surface area contributed by atoms with Crippen molar-refractivity contribution in [3.05, 3.63) is 71.8 Å². The summed E-state index contributed by atoms with van der Waals surface area (Å²) in [7, 11) is 0. The topological polar surface area (TPSA) is 97.6 Å². The molecule has 0 fully saturated rings. The number of amides is 1. The number of hydrogen-bond acceptors (Lipinski definition) is 6. The Morgan fingerprint density at radius 2 is 1.55 bits per heavy atom. The van der Waals surface area contributed by atoms with Gasteiger partial charge in [-0.15, -0.1) is 0 Å². The van der Waals surface area contributed by atoms with Crippen LogP contribution in [-0.2, 0) is 32.2 Å². The van der Waals surface area contributed by atoms with Gasteiger partial charge >= 0.3 is 6.16 Å². The van der Waals surface area contributed by atoms with Crippen molar-refractivity contribution >= 4 is 12.1 Å². The Balaban J connectivity index is 1.96. The number of nitrogens with one attached hydrogen (secondary N) is 1. The van der Waals surface area contributed by atoms with Crippen molar-refractivity contribution in [2.45, 2.75) is 52.2 Å². The predicted molar refractivity (Wildman–Crippen MR) is 114 cm³/mol. The fraction of sp³-hybridized carbons (Fsp3) is 0.375. The summed E-state index contributed by atoms with van der Waals surface area (Å²) in [4.78, 5) is 24.9. The Bertz CT molecular complexity index is 880. The maximum Gasteiger partial charge on any atom is 0.509 e. The molecule has 0 aromatic heterocycles. The molecule has 2 aromatic carbocycles. The minimum absolute atomic E-state index is 0.0335. The SMILES string of the molecule is CC(C)CC(OC(=O)OCc1ccccc1)C(=O)NC(C)(C#N)OCc1ccccc1. The molecule has 2 aromatic rings. The largest absolute Gasteiger partial charge is 0.509 e. The van der Waals surface area contributed by atoms with Crippen LogP contribution in [-0.4, -0.2) is 23.9 Å². The van der Waals surface area contributed by atoms with E-state index in [1.54, 1.807) is 0 Å². The Labute approximate surface area is 182 Å². The summed E-state index contributed by atoms with van der Waals surface area (Å²) in [6, 6.07) is 20.4. The van der Waals surface area contributed by atoms with Gasteiger partial charge in [0.15, 0.2) is 6.10 Å². The molecule has 0 bridgehead atoms. The molecule has 1 N–H and O–H groups in total. The molecule has 2 unspecified atom stereocenters. The van der Waals surface area contributed by atoms with Crippen LogP contribution in [0.1, 0.15) is 38.3 Å². The summed E-state index contributed by atoms with van der Waals surface area (Å²) in [5, 5.41) is 12.1. The fourth-order valence-corrected chi connectivity index (χ4v) is 2.72. The van der Waals surface area contributed by atoms with Gasteiger partial charge in [0.25, 0.3) is 5.91 Å². The standard InChI is InChI=1S/C24H28N2O5/c1-18(2)14-21(31-23(28)29-15-19-10-6-4-7-11-19)22(27)26-24(3,17-25)30-16-20-12-8-5-9-13-20/h4-13,18,21H,14-16H2,1-3H3,(H,26,27). The number of nitriles is 1. The highest BCUT2D eigenvalue weighted by molar-refractivity contribution is 5.83. The molecule has 0 aliphatic carbocycles. The van der Waals surface area contributed by atoms with Crippen LogP contribution < -0.4 is 5.32 Å². The maximum atomic E-state index is 12.8. The Kier molecular flexibility index (Phi) is 9.04. The number of benzene rings is 2. The average molecular weight is 424 g/mol.